The van der Waals surface area contributed by atoms with Crippen LogP contribution >= 0.6 is 0 Å². The maximum absolute atomic E-state index is 5.46. The number of hydrogen-bond donors (Lipinski definition) is 1. The third-order valence-electron chi connectivity index (χ3n) is 3.43. The fraction of sp³-hybridized carbons (Fsp3) is 0.778. The molecule has 19 heavy (non-hydrogen) atoms. The molecule has 0 aromatic heterocycles. The fourth-order valence-corrected chi connectivity index (χ4v) is 2.15. The van der Waals surface area contributed by atoms with E-state index < -0.39 is 0 Å². The normalized spacial score (nSPS) is 11.9. The molecule has 0 aromatic rings. The predicted octanol–water partition coefficient (Wildman–Crippen LogP) is 5.76. The highest BCUT2D eigenvalue weighted by Crippen LogP contribution is 2.07. The first kappa shape index (κ1) is 18.4. The summed E-state index contributed by atoms with van der Waals surface area (Å²) >= 11 is 0. The summed E-state index contributed by atoms with van der Waals surface area (Å²) in [4.78, 5) is 0. The highest BCUT2D eigenvalue weighted by Gasteiger charge is 1.88. The van der Waals surface area contributed by atoms with E-state index in [4.69, 9.17) is 5.73 Å². The standard InChI is InChI=1S/C18H35N/c1-2-3-4-5-6-7-8-9-10-11-12-13-14-15-16-17-18-19/h9-12H,2-8,13-19H2,1H3/b10-9+,12-11+. The molecular weight excluding hydrogens is 230 g/mol. The van der Waals surface area contributed by atoms with Gasteiger partial charge in [0.15, 0.2) is 0 Å². The summed E-state index contributed by atoms with van der Waals surface area (Å²) in [5.41, 5.74) is 5.46. The lowest BCUT2D eigenvalue weighted by atomic mass is 10.1. The molecule has 0 heterocycles. The van der Waals surface area contributed by atoms with Crippen molar-refractivity contribution in [3.63, 3.8) is 0 Å². The van der Waals surface area contributed by atoms with Crippen LogP contribution in [0.3, 0.4) is 0 Å². The Balaban J connectivity index is 3.15. The van der Waals surface area contributed by atoms with Gasteiger partial charge in [0.2, 0.25) is 0 Å². The third kappa shape index (κ3) is 17.4. The average Bonchev–Trinajstić information content (AvgIpc) is 2.43. The second-order valence-electron chi connectivity index (χ2n) is 5.40. The van der Waals surface area contributed by atoms with Gasteiger partial charge in [-0.3, -0.25) is 0 Å². The zero-order chi connectivity index (χ0) is 14.0. The van der Waals surface area contributed by atoms with Gasteiger partial charge in [-0.05, 0) is 38.6 Å². The van der Waals surface area contributed by atoms with Crippen molar-refractivity contribution in [3.8, 4) is 0 Å². The maximum Gasteiger partial charge on any atom is -0.00773 e. The summed E-state index contributed by atoms with van der Waals surface area (Å²) < 4.78 is 0. The lowest BCUT2D eigenvalue weighted by molar-refractivity contribution is 0.611. The van der Waals surface area contributed by atoms with Crippen LogP contribution < -0.4 is 5.73 Å². The first-order valence-corrected chi connectivity index (χ1v) is 8.43. The summed E-state index contributed by atoms with van der Waals surface area (Å²) in [6.45, 7) is 3.12. The Morgan fingerprint density at radius 3 is 1.63 bits per heavy atom. The molecule has 0 rings (SSSR count). The molecule has 0 bridgehead atoms. The van der Waals surface area contributed by atoms with Gasteiger partial charge >= 0.3 is 0 Å². The lowest BCUT2D eigenvalue weighted by Crippen LogP contribution is -1.97. The molecule has 0 saturated carbocycles. The van der Waals surface area contributed by atoms with Gasteiger partial charge in [-0.25, -0.2) is 0 Å². The molecule has 0 aromatic carbocycles. The molecule has 0 spiro atoms. The number of unbranched alkanes of at least 4 members (excludes halogenated alkanes) is 10. The molecule has 0 atom stereocenters. The fourth-order valence-electron chi connectivity index (χ4n) is 2.15. The minimum atomic E-state index is 0.844. The van der Waals surface area contributed by atoms with Gasteiger partial charge < -0.3 is 5.73 Å². The Kier molecular flexibility index (Phi) is 16.9. The highest BCUT2D eigenvalue weighted by atomic mass is 14.5. The van der Waals surface area contributed by atoms with Gasteiger partial charge in [-0.1, -0.05) is 76.2 Å². The van der Waals surface area contributed by atoms with Crippen LogP contribution in [0, 0.1) is 0 Å². The summed E-state index contributed by atoms with van der Waals surface area (Å²) in [5, 5.41) is 0. The van der Waals surface area contributed by atoms with Crippen molar-refractivity contribution in [2.75, 3.05) is 6.54 Å². The van der Waals surface area contributed by atoms with E-state index in [2.05, 4.69) is 31.2 Å². The van der Waals surface area contributed by atoms with Crippen LogP contribution in [0.1, 0.15) is 84.0 Å². The smallest absolute Gasteiger partial charge is 0.00773 e. The Labute approximate surface area is 121 Å². The summed E-state index contributed by atoms with van der Waals surface area (Å²) in [7, 11) is 0. The van der Waals surface area contributed by atoms with Gasteiger partial charge in [0, 0.05) is 0 Å². The number of nitrogens with two attached hydrogens (primary N) is 1. The molecule has 1 heteroatoms. The van der Waals surface area contributed by atoms with Crippen molar-refractivity contribution in [2.24, 2.45) is 5.73 Å². The van der Waals surface area contributed by atoms with Crippen molar-refractivity contribution >= 4 is 0 Å². The van der Waals surface area contributed by atoms with Crippen LogP contribution in [0.5, 0.6) is 0 Å². The minimum Gasteiger partial charge on any atom is -0.330 e. The highest BCUT2D eigenvalue weighted by molar-refractivity contribution is 5.02. The summed E-state index contributed by atoms with van der Waals surface area (Å²) in [6, 6.07) is 0. The Bertz CT molecular complexity index is 206. The molecule has 0 fully saturated rings. The van der Waals surface area contributed by atoms with Gasteiger partial charge in [-0.2, -0.15) is 0 Å². The van der Waals surface area contributed by atoms with E-state index >= 15 is 0 Å². The lowest BCUT2D eigenvalue weighted by Gasteiger charge is -1.97. The molecule has 0 saturated heterocycles. The van der Waals surface area contributed by atoms with Crippen LogP contribution in [0.2, 0.25) is 0 Å². The Hall–Kier alpha value is -0.560. The van der Waals surface area contributed by atoms with Gasteiger partial charge in [0.05, 0.1) is 0 Å². The van der Waals surface area contributed by atoms with Gasteiger partial charge in [0.25, 0.3) is 0 Å². The van der Waals surface area contributed by atoms with E-state index in [0.717, 1.165) is 6.54 Å². The van der Waals surface area contributed by atoms with Gasteiger partial charge in [-0.15, -0.1) is 0 Å². The van der Waals surface area contributed by atoms with E-state index in [1.54, 1.807) is 0 Å². The molecule has 0 aliphatic carbocycles. The van der Waals surface area contributed by atoms with E-state index in [-0.39, 0.29) is 0 Å². The van der Waals surface area contributed by atoms with Crippen molar-refractivity contribution in [2.45, 2.75) is 84.0 Å². The van der Waals surface area contributed by atoms with Gasteiger partial charge in [0.1, 0.15) is 0 Å². The zero-order valence-corrected chi connectivity index (χ0v) is 13.1. The molecule has 0 amide bonds. The first-order chi connectivity index (χ1) is 9.41. The van der Waals surface area contributed by atoms with E-state index in [0.29, 0.717) is 0 Å². The van der Waals surface area contributed by atoms with E-state index in [1.165, 1.54) is 77.0 Å². The maximum atomic E-state index is 5.46. The van der Waals surface area contributed by atoms with Crippen molar-refractivity contribution in [1.29, 1.82) is 0 Å². The first-order valence-electron chi connectivity index (χ1n) is 8.43. The molecule has 0 radical (unpaired) electrons. The van der Waals surface area contributed by atoms with Crippen LogP contribution in [0.4, 0.5) is 0 Å². The Morgan fingerprint density at radius 2 is 1.11 bits per heavy atom. The second kappa shape index (κ2) is 17.4. The number of allylic oxidation sites excluding steroid dienone is 4. The number of rotatable bonds is 14. The second-order valence-corrected chi connectivity index (χ2v) is 5.40. The van der Waals surface area contributed by atoms with Crippen LogP contribution in [0.15, 0.2) is 24.3 Å². The van der Waals surface area contributed by atoms with E-state index in [9.17, 15) is 0 Å². The van der Waals surface area contributed by atoms with Crippen molar-refractivity contribution in [3.05, 3.63) is 24.3 Å². The molecule has 0 aliphatic heterocycles. The molecule has 1 nitrogen and oxygen atoms in total. The van der Waals surface area contributed by atoms with Crippen LogP contribution in [-0.2, 0) is 0 Å². The van der Waals surface area contributed by atoms with Crippen LogP contribution in [-0.4, -0.2) is 6.54 Å². The largest absolute Gasteiger partial charge is 0.330 e. The molecule has 112 valence electrons. The zero-order valence-electron chi connectivity index (χ0n) is 13.1. The summed E-state index contributed by atoms with van der Waals surface area (Å²) in [6.07, 6.45) is 24.9. The van der Waals surface area contributed by atoms with Crippen molar-refractivity contribution < 1.29 is 0 Å². The molecular formula is C18H35N. The average molecular weight is 265 g/mol. The van der Waals surface area contributed by atoms with E-state index in [1.807, 2.05) is 0 Å². The monoisotopic (exact) mass is 265 g/mol. The molecule has 0 unspecified atom stereocenters. The molecule has 0 aliphatic rings. The minimum absolute atomic E-state index is 0.844. The summed E-state index contributed by atoms with van der Waals surface area (Å²) in [5.74, 6) is 0. The predicted molar refractivity (Wildman–Crippen MR) is 88.4 cm³/mol. The number of hydrogen-bond acceptors (Lipinski definition) is 1. The quantitative estimate of drug-likeness (QED) is 0.314. The molecule has 2 N–H and O–H groups in total. The van der Waals surface area contributed by atoms with Crippen LogP contribution in [0.25, 0.3) is 0 Å². The third-order valence-corrected chi connectivity index (χ3v) is 3.43. The Morgan fingerprint density at radius 1 is 0.632 bits per heavy atom. The topological polar surface area (TPSA) is 26.0 Å². The SMILES string of the molecule is CCCCCCCC/C=C/C=C/CCCCCCN. The van der Waals surface area contributed by atoms with Crippen molar-refractivity contribution in [1.82, 2.24) is 0 Å².